The topological polar surface area (TPSA) is 121 Å². The predicted octanol–water partition coefficient (Wildman–Crippen LogP) is 2.91. The van der Waals surface area contributed by atoms with E-state index in [1.54, 1.807) is 17.2 Å². The summed E-state index contributed by atoms with van der Waals surface area (Å²) in [5.41, 5.74) is 2.23. The van der Waals surface area contributed by atoms with Gasteiger partial charge in [-0.3, -0.25) is 0 Å². The molecule has 4 heterocycles. The van der Waals surface area contributed by atoms with Crippen LogP contribution in [-0.4, -0.2) is 92.2 Å². The lowest BCUT2D eigenvalue weighted by Crippen LogP contribution is -2.55. The van der Waals surface area contributed by atoms with Crippen LogP contribution in [0.1, 0.15) is 25.3 Å². The molecule has 1 aromatic carbocycles. The minimum Gasteiger partial charge on any atom is -0.387 e. The van der Waals surface area contributed by atoms with Gasteiger partial charge in [-0.1, -0.05) is 19.9 Å². The quantitative estimate of drug-likeness (QED) is 0.427. The number of anilines is 4. The van der Waals surface area contributed by atoms with Crippen LogP contribution in [-0.2, 0) is 14.6 Å². The van der Waals surface area contributed by atoms with Gasteiger partial charge in [-0.05, 0) is 35.1 Å². The van der Waals surface area contributed by atoms with E-state index < -0.39 is 28.2 Å². The number of alkyl halides is 1. The van der Waals surface area contributed by atoms with Crippen LogP contribution in [0.2, 0.25) is 0 Å². The molecule has 0 radical (unpaired) electrons. The molecular weight excluding hydrogens is 523 g/mol. The zero-order valence-electron chi connectivity index (χ0n) is 22.6. The zero-order chi connectivity index (χ0) is 27.9. The predicted molar refractivity (Wildman–Crippen MR) is 150 cm³/mol. The average molecular weight is 559 g/mol. The molecule has 3 aromatic rings. The van der Waals surface area contributed by atoms with Gasteiger partial charge >= 0.3 is 0 Å². The van der Waals surface area contributed by atoms with Crippen LogP contribution >= 0.6 is 0 Å². The lowest BCUT2D eigenvalue weighted by Gasteiger charge is -2.41. The summed E-state index contributed by atoms with van der Waals surface area (Å²) < 4.78 is 43.0. The zero-order valence-corrected chi connectivity index (χ0v) is 23.4. The molecule has 2 saturated heterocycles. The van der Waals surface area contributed by atoms with Gasteiger partial charge < -0.3 is 25.0 Å². The third-order valence-corrected chi connectivity index (χ3v) is 8.48. The van der Waals surface area contributed by atoms with Gasteiger partial charge in [0.05, 0.1) is 12.3 Å². The Hall–Kier alpha value is -3.09. The van der Waals surface area contributed by atoms with Gasteiger partial charge in [0.1, 0.15) is 39.9 Å². The summed E-state index contributed by atoms with van der Waals surface area (Å²) >= 11 is 0. The molecule has 2 aliphatic rings. The molecule has 5 rings (SSSR count). The van der Waals surface area contributed by atoms with Gasteiger partial charge in [0.2, 0.25) is 5.95 Å². The smallest absolute Gasteiger partial charge is 0.227 e. The van der Waals surface area contributed by atoms with Gasteiger partial charge in [0.25, 0.3) is 0 Å². The molecule has 10 nitrogen and oxygen atoms in total. The van der Waals surface area contributed by atoms with Crippen LogP contribution in [0.3, 0.4) is 0 Å². The number of nitrogens with zero attached hydrogens (tertiary/aromatic N) is 5. The Balaban J connectivity index is 1.39. The number of aliphatic hydroxyl groups is 1. The first kappa shape index (κ1) is 27.5. The fourth-order valence-corrected chi connectivity index (χ4v) is 6.49. The highest BCUT2D eigenvalue weighted by Crippen LogP contribution is 2.37. The van der Waals surface area contributed by atoms with E-state index in [2.05, 4.69) is 51.1 Å². The van der Waals surface area contributed by atoms with Crippen molar-refractivity contribution in [3.63, 3.8) is 0 Å². The highest BCUT2D eigenvalue weighted by atomic mass is 32.2. The Labute approximate surface area is 228 Å². The van der Waals surface area contributed by atoms with Crippen molar-refractivity contribution in [1.82, 2.24) is 15.0 Å². The molecule has 0 saturated carbocycles. The van der Waals surface area contributed by atoms with Crippen molar-refractivity contribution in [3.05, 3.63) is 42.2 Å². The first-order valence-corrected chi connectivity index (χ1v) is 15.1. The molecular formula is C27H35FN6O4S. The van der Waals surface area contributed by atoms with Crippen LogP contribution in [0.15, 0.2) is 36.7 Å². The summed E-state index contributed by atoms with van der Waals surface area (Å²) in [6.45, 7) is 5.93. The van der Waals surface area contributed by atoms with Gasteiger partial charge in [0.15, 0.2) is 0 Å². The van der Waals surface area contributed by atoms with E-state index in [0.717, 1.165) is 16.5 Å². The molecule has 0 bridgehead atoms. The Morgan fingerprint density at radius 3 is 2.56 bits per heavy atom. The van der Waals surface area contributed by atoms with Crippen LogP contribution in [0.4, 0.5) is 27.7 Å². The summed E-state index contributed by atoms with van der Waals surface area (Å²) in [4.78, 5) is 17.4. The van der Waals surface area contributed by atoms with Crippen molar-refractivity contribution < 1.29 is 22.7 Å². The van der Waals surface area contributed by atoms with Gasteiger partial charge in [-0.2, -0.15) is 4.98 Å². The number of aliphatic hydroxyl groups excluding tert-OH is 1. The minimum absolute atomic E-state index is 0.0270. The average Bonchev–Trinajstić information content (AvgIpc) is 2.86. The Morgan fingerprint density at radius 1 is 1.10 bits per heavy atom. The molecule has 2 aliphatic heterocycles. The summed E-state index contributed by atoms with van der Waals surface area (Å²) in [6.07, 6.45) is 1.40. The number of benzene rings is 1. The van der Waals surface area contributed by atoms with Crippen molar-refractivity contribution in [3.8, 4) is 0 Å². The van der Waals surface area contributed by atoms with E-state index in [-0.39, 0.29) is 30.7 Å². The number of ether oxygens (including phenoxy) is 1. The number of fused-ring (bicyclic) bond motifs is 1. The Morgan fingerprint density at radius 2 is 1.87 bits per heavy atom. The number of rotatable bonds is 8. The highest BCUT2D eigenvalue weighted by Gasteiger charge is 2.37. The van der Waals surface area contributed by atoms with Crippen molar-refractivity contribution in [2.75, 3.05) is 60.4 Å². The maximum absolute atomic E-state index is 14.4. The lowest BCUT2D eigenvalue weighted by molar-refractivity contribution is -0.0582. The number of hydrogen-bond acceptors (Lipinski definition) is 10. The molecule has 210 valence electrons. The normalized spacial score (nSPS) is 22.4. The molecule has 0 spiro atoms. The van der Waals surface area contributed by atoms with Crippen LogP contribution < -0.4 is 15.1 Å². The number of sulfone groups is 1. The maximum Gasteiger partial charge on any atom is 0.227 e. The first-order chi connectivity index (χ1) is 18.5. The maximum atomic E-state index is 14.4. The summed E-state index contributed by atoms with van der Waals surface area (Å²) in [5.74, 6) is 2.08. The van der Waals surface area contributed by atoms with Crippen LogP contribution in [0.5, 0.6) is 0 Å². The van der Waals surface area contributed by atoms with Crippen molar-refractivity contribution in [2.45, 2.75) is 38.1 Å². The third-order valence-electron chi connectivity index (χ3n) is 7.40. The molecule has 39 heavy (non-hydrogen) atoms. The molecule has 2 N–H and O–H groups in total. The Kier molecular flexibility index (Phi) is 7.62. The second-order valence-corrected chi connectivity index (χ2v) is 13.0. The van der Waals surface area contributed by atoms with E-state index >= 15 is 0 Å². The second kappa shape index (κ2) is 10.8. The number of aromatic nitrogens is 3. The highest BCUT2D eigenvalue weighted by molar-refractivity contribution is 7.90. The van der Waals surface area contributed by atoms with Crippen molar-refractivity contribution in [1.29, 1.82) is 0 Å². The molecule has 2 aromatic heterocycles. The number of halogens is 1. The van der Waals surface area contributed by atoms with Crippen LogP contribution in [0.25, 0.3) is 10.8 Å². The van der Waals surface area contributed by atoms with E-state index in [1.807, 2.05) is 12.3 Å². The van der Waals surface area contributed by atoms with E-state index in [4.69, 9.17) is 4.74 Å². The second-order valence-electron chi connectivity index (χ2n) is 10.9. The molecule has 12 heteroatoms. The van der Waals surface area contributed by atoms with Gasteiger partial charge in [-0.25, -0.2) is 22.8 Å². The molecule has 0 unspecified atom stereocenters. The molecule has 0 aliphatic carbocycles. The summed E-state index contributed by atoms with van der Waals surface area (Å²) in [5, 5.41) is 15.3. The van der Waals surface area contributed by atoms with Crippen molar-refractivity contribution in [2.24, 2.45) is 5.92 Å². The summed E-state index contributed by atoms with van der Waals surface area (Å²) in [6, 6.07) is 7.94. The fourth-order valence-electron chi connectivity index (χ4n) is 5.42. The molecule has 2 fully saturated rings. The fraction of sp³-hybridized carbons (Fsp3) is 0.519. The molecule has 3 atom stereocenters. The van der Waals surface area contributed by atoms with Gasteiger partial charge in [-0.15, -0.1) is 0 Å². The number of methoxy groups -OCH3 is 1. The largest absolute Gasteiger partial charge is 0.387 e. The van der Waals surface area contributed by atoms with Gasteiger partial charge in [0, 0.05) is 62.4 Å². The number of pyridine rings is 1. The number of hydrogen-bond donors (Lipinski definition) is 2. The monoisotopic (exact) mass is 558 g/mol. The van der Waals surface area contributed by atoms with E-state index in [1.165, 1.54) is 18.9 Å². The first-order valence-electron chi connectivity index (χ1n) is 13.1. The van der Waals surface area contributed by atoms with Crippen LogP contribution in [0, 0.1) is 5.92 Å². The SMILES string of the molecule is CO[C@@H]1CN(c2nccc(Nc3cc4c(C(C)C)ccc(N5CC(CS(C)(=O)=O)C5)c4cn3)n2)C[C@H](F)[C@@H]1O. The minimum atomic E-state index is -3.00. The van der Waals surface area contributed by atoms with E-state index in [9.17, 15) is 17.9 Å². The number of nitrogens with one attached hydrogen (secondary N) is 1. The van der Waals surface area contributed by atoms with Crippen molar-refractivity contribution >= 4 is 43.9 Å². The summed E-state index contributed by atoms with van der Waals surface area (Å²) in [7, 11) is -1.56. The third kappa shape index (κ3) is 5.92. The standard InChI is InChI=1S/C27H35FN6O4S/c1-16(2)18-5-6-22(33-11-17(12-33)15-39(4,36)37)20-10-30-25(9-19(18)20)31-24-7-8-29-27(32-24)34-13-21(28)26(35)23(14-34)38-3/h5-10,16-17,21,23,26,35H,11-15H2,1-4H3,(H,29,30,31,32)/t21-,23+,26-/m0/s1. The Bertz CT molecular complexity index is 1450. The lowest BCUT2D eigenvalue weighted by atomic mass is 9.93. The van der Waals surface area contributed by atoms with E-state index in [0.29, 0.717) is 30.7 Å². The number of piperidine rings is 1. The molecule has 0 amide bonds.